The summed E-state index contributed by atoms with van der Waals surface area (Å²) in [5, 5.41) is 8.93. The Balaban J connectivity index is 1.79. The van der Waals surface area contributed by atoms with Gasteiger partial charge in [-0.05, 0) is 38.3 Å². The lowest BCUT2D eigenvalue weighted by molar-refractivity contribution is -0.159. The van der Waals surface area contributed by atoms with Crippen LogP contribution in [0.5, 0.6) is 0 Å². The molecule has 0 unspecified atom stereocenters. The van der Waals surface area contributed by atoms with Crippen molar-refractivity contribution in [2.45, 2.75) is 39.2 Å². The number of nitrogens with zero attached hydrogens (tertiary/aromatic N) is 1. The molecule has 5 nitrogen and oxygen atoms in total. The number of amides is 1. The molecule has 21 heavy (non-hydrogen) atoms. The summed E-state index contributed by atoms with van der Waals surface area (Å²) in [4.78, 5) is 27.2. The first-order valence-electron chi connectivity index (χ1n) is 7.15. The van der Waals surface area contributed by atoms with Crippen LogP contribution in [0.1, 0.15) is 28.2 Å². The minimum atomic E-state index is -1.00. The molecule has 1 aliphatic heterocycles. The maximum atomic E-state index is 12.1. The van der Waals surface area contributed by atoms with E-state index in [9.17, 15) is 9.59 Å². The number of hydrogen-bond acceptors (Lipinski definition) is 4. The molecule has 0 bridgehead atoms. The predicted octanol–water partition coefficient (Wildman–Crippen LogP) is 2.00. The average molecular weight is 311 g/mol. The molecular weight excluding hydrogens is 290 g/mol. The number of carboxylic acids is 1. The van der Waals surface area contributed by atoms with Crippen molar-refractivity contribution in [1.29, 1.82) is 0 Å². The second kappa shape index (κ2) is 7.04. The monoisotopic (exact) mass is 311 g/mol. The first-order valence-corrected chi connectivity index (χ1v) is 7.97. The van der Waals surface area contributed by atoms with Gasteiger partial charge in [0.2, 0.25) is 5.91 Å². The number of morpholine rings is 1. The van der Waals surface area contributed by atoms with Crippen LogP contribution in [0.2, 0.25) is 0 Å². The SMILES string of the molecule is Cc1cc(CCCC(=O)N2CCO[C@H](C(=O)O)C2)c(C)s1. The van der Waals surface area contributed by atoms with Gasteiger partial charge in [0.25, 0.3) is 0 Å². The lowest BCUT2D eigenvalue weighted by atomic mass is 10.1. The van der Waals surface area contributed by atoms with Gasteiger partial charge in [-0.15, -0.1) is 11.3 Å². The molecule has 2 rings (SSSR count). The minimum absolute atomic E-state index is 0.0224. The van der Waals surface area contributed by atoms with Crippen LogP contribution in [-0.4, -0.2) is 47.7 Å². The Morgan fingerprint density at radius 3 is 2.86 bits per heavy atom. The number of thiophene rings is 1. The fraction of sp³-hybridized carbons (Fsp3) is 0.600. The summed E-state index contributed by atoms with van der Waals surface area (Å²) in [5.74, 6) is -0.981. The highest BCUT2D eigenvalue weighted by atomic mass is 32.1. The van der Waals surface area contributed by atoms with E-state index in [2.05, 4.69) is 19.9 Å². The number of aliphatic carboxylic acids is 1. The van der Waals surface area contributed by atoms with Gasteiger partial charge in [0.05, 0.1) is 13.2 Å². The van der Waals surface area contributed by atoms with Gasteiger partial charge in [0, 0.05) is 22.7 Å². The van der Waals surface area contributed by atoms with E-state index in [0.717, 1.165) is 12.8 Å². The summed E-state index contributed by atoms with van der Waals surface area (Å²) in [6, 6.07) is 2.18. The van der Waals surface area contributed by atoms with Crippen LogP contribution in [0, 0.1) is 13.8 Å². The fourth-order valence-electron chi connectivity index (χ4n) is 2.55. The Bertz CT molecular complexity index is 526. The number of carbonyl (C=O) groups excluding carboxylic acids is 1. The van der Waals surface area contributed by atoms with Crippen molar-refractivity contribution in [2.75, 3.05) is 19.7 Å². The van der Waals surface area contributed by atoms with E-state index in [1.807, 2.05) is 0 Å². The second-order valence-corrected chi connectivity index (χ2v) is 6.79. The average Bonchev–Trinajstić information content (AvgIpc) is 2.77. The van der Waals surface area contributed by atoms with Crippen molar-refractivity contribution in [3.63, 3.8) is 0 Å². The van der Waals surface area contributed by atoms with E-state index in [-0.39, 0.29) is 12.5 Å². The van der Waals surface area contributed by atoms with E-state index in [1.165, 1.54) is 15.3 Å². The van der Waals surface area contributed by atoms with E-state index in [4.69, 9.17) is 9.84 Å². The standard InChI is InChI=1S/C15H21NO4S/c1-10-8-12(11(2)21-10)4-3-5-14(17)16-6-7-20-13(9-16)15(18)19/h8,13H,3-7,9H2,1-2H3,(H,18,19)/t13-/m0/s1. The van der Waals surface area contributed by atoms with Gasteiger partial charge in [-0.25, -0.2) is 4.79 Å². The summed E-state index contributed by atoms with van der Waals surface area (Å²) in [6.07, 6.45) is 1.27. The summed E-state index contributed by atoms with van der Waals surface area (Å²) >= 11 is 1.78. The van der Waals surface area contributed by atoms with Gasteiger partial charge >= 0.3 is 5.97 Å². The summed E-state index contributed by atoms with van der Waals surface area (Å²) in [6.45, 7) is 5.13. The molecule has 6 heteroatoms. The molecular formula is C15H21NO4S. The highest BCUT2D eigenvalue weighted by Gasteiger charge is 2.28. The van der Waals surface area contributed by atoms with E-state index < -0.39 is 12.1 Å². The molecule has 1 N–H and O–H groups in total. The molecule has 1 fully saturated rings. The first-order chi connectivity index (χ1) is 9.97. The molecule has 1 atom stereocenters. The molecule has 1 aromatic rings. The Hall–Kier alpha value is -1.40. The van der Waals surface area contributed by atoms with E-state index >= 15 is 0 Å². The first kappa shape index (κ1) is 16.0. The third-order valence-corrected chi connectivity index (χ3v) is 4.68. The van der Waals surface area contributed by atoms with Gasteiger partial charge < -0.3 is 14.7 Å². The molecule has 1 amide bonds. The van der Waals surface area contributed by atoms with Crippen LogP contribution in [0.15, 0.2) is 6.07 Å². The van der Waals surface area contributed by atoms with Crippen molar-refractivity contribution in [2.24, 2.45) is 0 Å². The largest absolute Gasteiger partial charge is 0.479 e. The van der Waals surface area contributed by atoms with Crippen molar-refractivity contribution < 1.29 is 19.4 Å². The molecule has 2 heterocycles. The molecule has 0 saturated carbocycles. The van der Waals surface area contributed by atoms with Gasteiger partial charge in [-0.2, -0.15) is 0 Å². The van der Waals surface area contributed by atoms with Crippen LogP contribution in [-0.2, 0) is 20.7 Å². The van der Waals surface area contributed by atoms with E-state index in [0.29, 0.717) is 19.6 Å². The molecule has 0 spiro atoms. The van der Waals surface area contributed by atoms with Gasteiger partial charge in [0.15, 0.2) is 6.10 Å². The zero-order valence-corrected chi connectivity index (χ0v) is 13.2. The smallest absolute Gasteiger partial charge is 0.334 e. The zero-order chi connectivity index (χ0) is 15.4. The maximum absolute atomic E-state index is 12.1. The number of rotatable bonds is 5. The Kier molecular flexibility index (Phi) is 5.36. The maximum Gasteiger partial charge on any atom is 0.334 e. The number of carboxylic acid groups (broad SMARTS) is 1. The molecule has 1 aliphatic rings. The quantitative estimate of drug-likeness (QED) is 0.903. The fourth-order valence-corrected chi connectivity index (χ4v) is 3.52. The number of aryl methyl sites for hydroxylation is 3. The highest BCUT2D eigenvalue weighted by Crippen LogP contribution is 2.22. The topological polar surface area (TPSA) is 66.8 Å². The Morgan fingerprint density at radius 1 is 1.48 bits per heavy atom. The third-order valence-electron chi connectivity index (χ3n) is 3.68. The van der Waals surface area contributed by atoms with Crippen LogP contribution in [0.3, 0.4) is 0 Å². The molecule has 0 aromatic carbocycles. The van der Waals surface area contributed by atoms with Crippen LogP contribution < -0.4 is 0 Å². The van der Waals surface area contributed by atoms with Gasteiger partial charge in [-0.1, -0.05) is 0 Å². The van der Waals surface area contributed by atoms with Crippen molar-refractivity contribution in [1.82, 2.24) is 4.90 Å². The Morgan fingerprint density at radius 2 is 2.24 bits per heavy atom. The predicted molar refractivity (Wildman–Crippen MR) is 80.7 cm³/mol. The Labute approximate surface area is 128 Å². The molecule has 1 saturated heterocycles. The van der Waals surface area contributed by atoms with Gasteiger partial charge in [0.1, 0.15) is 0 Å². The normalized spacial score (nSPS) is 18.8. The van der Waals surface area contributed by atoms with E-state index in [1.54, 1.807) is 16.2 Å². The molecule has 0 aliphatic carbocycles. The lowest BCUT2D eigenvalue weighted by Gasteiger charge is -2.30. The van der Waals surface area contributed by atoms with Gasteiger partial charge in [-0.3, -0.25) is 4.79 Å². The minimum Gasteiger partial charge on any atom is -0.479 e. The van der Waals surface area contributed by atoms with Crippen LogP contribution in [0.4, 0.5) is 0 Å². The van der Waals surface area contributed by atoms with Crippen molar-refractivity contribution in [3.8, 4) is 0 Å². The lowest BCUT2D eigenvalue weighted by Crippen LogP contribution is -2.48. The number of hydrogen-bond donors (Lipinski definition) is 1. The molecule has 116 valence electrons. The molecule has 0 radical (unpaired) electrons. The summed E-state index contributed by atoms with van der Waals surface area (Å²) in [5.41, 5.74) is 1.32. The summed E-state index contributed by atoms with van der Waals surface area (Å²) in [7, 11) is 0. The number of ether oxygens (including phenoxy) is 1. The van der Waals surface area contributed by atoms with Crippen molar-refractivity contribution >= 4 is 23.2 Å². The number of carbonyl (C=O) groups is 2. The summed E-state index contributed by atoms with van der Waals surface area (Å²) < 4.78 is 5.12. The highest BCUT2D eigenvalue weighted by molar-refractivity contribution is 7.12. The zero-order valence-electron chi connectivity index (χ0n) is 12.4. The van der Waals surface area contributed by atoms with Crippen molar-refractivity contribution in [3.05, 3.63) is 21.4 Å². The molecule has 1 aromatic heterocycles. The van der Waals surface area contributed by atoms with Crippen LogP contribution >= 0.6 is 11.3 Å². The second-order valence-electron chi connectivity index (χ2n) is 5.33. The third kappa shape index (κ3) is 4.28. The van der Waals surface area contributed by atoms with Crippen LogP contribution in [0.25, 0.3) is 0 Å².